The topological polar surface area (TPSA) is 97.0 Å². The Bertz CT molecular complexity index is 1260. The largest absolute Gasteiger partial charge is 0.476 e. The van der Waals surface area contributed by atoms with Gasteiger partial charge in [-0.05, 0) is 82.8 Å². The number of hydrogen-bond acceptors (Lipinski definition) is 6. The van der Waals surface area contributed by atoms with E-state index in [4.69, 9.17) is 4.84 Å². The summed E-state index contributed by atoms with van der Waals surface area (Å²) in [6, 6.07) is 9.18. The number of rotatable bonds is 6. The molecule has 2 saturated heterocycles. The van der Waals surface area contributed by atoms with Gasteiger partial charge in [-0.25, -0.2) is 9.78 Å². The molecular formula is C30H40N4O4. The molecule has 204 valence electrons. The first kappa shape index (κ1) is 25.5. The maximum absolute atomic E-state index is 13.9. The molecule has 0 radical (unpaired) electrons. The molecule has 8 heteroatoms. The predicted molar refractivity (Wildman–Crippen MR) is 146 cm³/mol. The van der Waals surface area contributed by atoms with Crippen molar-refractivity contribution in [2.75, 3.05) is 0 Å². The summed E-state index contributed by atoms with van der Waals surface area (Å²) in [7, 11) is 0. The number of fused-ring (bicyclic) bond motifs is 5. The fraction of sp³-hybridized carbons (Fsp3) is 0.667. The molecule has 4 fully saturated rings. The van der Waals surface area contributed by atoms with Crippen molar-refractivity contribution < 1.29 is 14.7 Å². The second-order valence-electron chi connectivity index (χ2n) is 12.4. The normalized spacial score (nSPS) is 31.9. The number of hydrogen-bond donors (Lipinski definition) is 1. The maximum atomic E-state index is 13.9. The van der Waals surface area contributed by atoms with Crippen molar-refractivity contribution in [3.8, 4) is 0 Å². The van der Waals surface area contributed by atoms with Crippen LogP contribution in [0.5, 0.6) is 0 Å². The molecule has 1 aromatic carbocycles. The van der Waals surface area contributed by atoms with Gasteiger partial charge in [0.15, 0.2) is 5.69 Å². The van der Waals surface area contributed by atoms with Crippen molar-refractivity contribution in [1.29, 1.82) is 0 Å². The summed E-state index contributed by atoms with van der Waals surface area (Å²) in [5.41, 5.74) is 0.388. The Morgan fingerprint density at radius 3 is 2.24 bits per heavy atom. The second-order valence-corrected chi connectivity index (χ2v) is 12.4. The molecule has 2 saturated carbocycles. The average molecular weight is 521 g/mol. The fourth-order valence-corrected chi connectivity index (χ4v) is 8.11. The number of piperidine rings is 1. The Labute approximate surface area is 224 Å². The van der Waals surface area contributed by atoms with Crippen molar-refractivity contribution in [2.45, 2.75) is 115 Å². The van der Waals surface area contributed by atoms with Gasteiger partial charge >= 0.3 is 5.97 Å². The van der Waals surface area contributed by atoms with E-state index < -0.39 is 17.2 Å². The van der Waals surface area contributed by atoms with Crippen molar-refractivity contribution >= 4 is 22.7 Å². The Hall–Kier alpha value is -2.74. The number of aliphatic carboxylic acids is 1. The molecule has 4 atom stereocenters. The second kappa shape index (κ2) is 10.4. The van der Waals surface area contributed by atoms with Gasteiger partial charge in [0.25, 0.3) is 5.56 Å². The van der Waals surface area contributed by atoms with Crippen molar-refractivity contribution in [1.82, 2.24) is 14.5 Å². The summed E-state index contributed by atoms with van der Waals surface area (Å²) < 4.78 is 1.83. The number of carboxylic acid groups (broad SMARTS) is 1. The van der Waals surface area contributed by atoms with Crippen LogP contribution >= 0.6 is 0 Å². The molecule has 4 unspecified atom stereocenters. The fourth-order valence-electron chi connectivity index (χ4n) is 8.11. The maximum Gasteiger partial charge on any atom is 0.360 e. The van der Waals surface area contributed by atoms with E-state index in [1.54, 1.807) is 13.8 Å². The third-order valence-electron chi connectivity index (χ3n) is 9.48. The smallest absolute Gasteiger partial charge is 0.360 e. The van der Waals surface area contributed by atoms with E-state index in [0.29, 0.717) is 23.6 Å². The van der Waals surface area contributed by atoms with Crippen molar-refractivity contribution in [3.63, 3.8) is 0 Å². The molecule has 2 aromatic rings. The number of oxime groups is 1. The lowest BCUT2D eigenvalue weighted by molar-refractivity contribution is -0.129. The first-order valence-electron chi connectivity index (χ1n) is 14.6. The molecule has 0 spiro atoms. The number of nitrogens with zero attached hydrogens (tertiary/aromatic N) is 4. The van der Waals surface area contributed by atoms with Crippen LogP contribution in [0.1, 0.15) is 96.2 Å². The van der Waals surface area contributed by atoms with E-state index >= 15 is 0 Å². The molecule has 2 aliphatic heterocycles. The number of aromatic nitrogens is 2. The molecule has 1 aromatic heterocycles. The lowest BCUT2D eigenvalue weighted by atomic mass is 9.76. The van der Waals surface area contributed by atoms with Gasteiger partial charge in [0, 0.05) is 24.2 Å². The third-order valence-corrected chi connectivity index (χ3v) is 9.48. The molecule has 4 bridgehead atoms. The molecule has 8 nitrogen and oxygen atoms in total. The van der Waals surface area contributed by atoms with Gasteiger partial charge in [-0.15, -0.1) is 0 Å². The van der Waals surface area contributed by atoms with Gasteiger partial charge in [-0.3, -0.25) is 9.69 Å². The van der Waals surface area contributed by atoms with Gasteiger partial charge in [0.2, 0.25) is 5.71 Å². The van der Waals surface area contributed by atoms with E-state index in [9.17, 15) is 14.7 Å². The van der Waals surface area contributed by atoms with Crippen LogP contribution in [0.25, 0.3) is 11.0 Å². The molecule has 6 rings (SSSR count). The summed E-state index contributed by atoms with van der Waals surface area (Å²) in [5.74, 6) is 0.453. The van der Waals surface area contributed by atoms with Crippen LogP contribution in [-0.4, -0.2) is 55.5 Å². The van der Waals surface area contributed by atoms with Gasteiger partial charge in [0.05, 0.1) is 11.0 Å². The number of benzene rings is 1. The zero-order valence-electron chi connectivity index (χ0n) is 22.6. The van der Waals surface area contributed by atoms with Crippen LogP contribution in [-0.2, 0) is 9.63 Å². The summed E-state index contributed by atoms with van der Waals surface area (Å²) in [6.45, 7) is 3.53. The van der Waals surface area contributed by atoms with E-state index in [1.807, 2.05) is 28.8 Å². The van der Waals surface area contributed by atoms with Crippen molar-refractivity contribution in [3.05, 3.63) is 40.3 Å². The first-order chi connectivity index (χ1) is 18.4. The van der Waals surface area contributed by atoms with Gasteiger partial charge in [-0.1, -0.05) is 43.0 Å². The molecule has 38 heavy (non-hydrogen) atoms. The van der Waals surface area contributed by atoms with E-state index in [2.05, 4.69) is 15.0 Å². The van der Waals surface area contributed by atoms with E-state index in [1.165, 1.54) is 57.8 Å². The van der Waals surface area contributed by atoms with Crippen LogP contribution in [0, 0.1) is 11.8 Å². The Morgan fingerprint density at radius 1 is 0.947 bits per heavy atom. The number of carboxylic acids is 1. The van der Waals surface area contributed by atoms with Crippen LogP contribution in [0.3, 0.4) is 0 Å². The highest BCUT2D eigenvalue weighted by molar-refractivity contribution is 6.41. The molecular weight excluding hydrogens is 480 g/mol. The lowest BCUT2D eigenvalue weighted by Crippen LogP contribution is -2.52. The Balaban J connectivity index is 1.34. The van der Waals surface area contributed by atoms with Gasteiger partial charge < -0.3 is 14.5 Å². The van der Waals surface area contributed by atoms with E-state index in [0.717, 1.165) is 30.2 Å². The van der Waals surface area contributed by atoms with Crippen LogP contribution in [0.2, 0.25) is 0 Å². The summed E-state index contributed by atoms with van der Waals surface area (Å²) in [4.78, 5) is 38.7. The predicted octanol–water partition coefficient (Wildman–Crippen LogP) is 5.14. The van der Waals surface area contributed by atoms with E-state index in [-0.39, 0.29) is 17.8 Å². The first-order valence-corrected chi connectivity index (χ1v) is 14.6. The molecule has 4 aliphatic rings. The highest BCUT2D eigenvalue weighted by Crippen LogP contribution is 2.47. The zero-order valence-corrected chi connectivity index (χ0v) is 22.6. The van der Waals surface area contributed by atoms with Gasteiger partial charge in [-0.2, -0.15) is 0 Å². The molecule has 3 heterocycles. The lowest BCUT2D eigenvalue weighted by Gasteiger charge is -2.48. The molecule has 2 aliphatic carbocycles. The highest BCUT2D eigenvalue weighted by Gasteiger charge is 2.47. The SMILES string of the molecule is CC(C)ON=C(C(=O)O)c1nc2ccccc2n(C2CC3CCC(C2)N3C2CC3CCCCC(C3)C2)c1=O. The molecule has 1 N–H and O–H groups in total. The quantitative estimate of drug-likeness (QED) is 0.419. The highest BCUT2D eigenvalue weighted by atomic mass is 16.6. The standard InChI is InChI=1S/C30H40N4O4/c1-18(2)38-32-28(30(36)37)27-29(35)34(26-10-6-5-9-25(26)31-27)24-16-21-11-12-22(17-24)33(21)23-14-19-7-3-4-8-20(13-19)15-23/h5-6,9-10,18-24H,3-4,7-8,11-17H2,1-2H3,(H,36,37). The van der Waals surface area contributed by atoms with Crippen LogP contribution in [0.15, 0.2) is 34.2 Å². The van der Waals surface area contributed by atoms with Crippen LogP contribution < -0.4 is 5.56 Å². The Kier molecular flexibility index (Phi) is 7.01. The number of para-hydroxylation sites is 2. The minimum atomic E-state index is -1.31. The zero-order chi connectivity index (χ0) is 26.4. The Morgan fingerprint density at radius 2 is 1.61 bits per heavy atom. The third kappa shape index (κ3) is 4.76. The minimum Gasteiger partial charge on any atom is -0.476 e. The summed E-state index contributed by atoms with van der Waals surface area (Å²) in [6.07, 6.45) is 13.6. The average Bonchev–Trinajstić information content (AvgIpc) is 3.04. The number of carbonyl (C=O) groups is 1. The molecule has 0 amide bonds. The summed E-state index contributed by atoms with van der Waals surface area (Å²) >= 11 is 0. The van der Waals surface area contributed by atoms with Gasteiger partial charge in [0.1, 0.15) is 6.10 Å². The monoisotopic (exact) mass is 520 g/mol. The minimum absolute atomic E-state index is 0.00910. The van der Waals surface area contributed by atoms with Crippen LogP contribution in [0.4, 0.5) is 0 Å². The van der Waals surface area contributed by atoms with Crippen molar-refractivity contribution in [2.24, 2.45) is 17.0 Å². The summed E-state index contributed by atoms with van der Waals surface area (Å²) in [5, 5.41) is 13.7.